The lowest BCUT2D eigenvalue weighted by Gasteiger charge is -2.32. The van der Waals surface area contributed by atoms with E-state index in [1.54, 1.807) is 0 Å². The second-order valence-corrected chi connectivity index (χ2v) is 7.10. The number of thiophene rings is 1. The molecule has 0 fully saturated rings. The van der Waals surface area contributed by atoms with Crippen LogP contribution in [0, 0.1) is 0 Å². The summed E-state index contributed by atoms with van der Waals surface area (Å²) in [7, 11) is 5.45. The van der Waals surface area contributed by atoms with E-state index in [2.05, 4.69) is 24.1 Å². The van der Waals surface area contributed by atoms with Gasteiger partial charge in [0.2, 0.25) is 0 Å². The minimum Gasteiger partial charge on any atom is -0.465 e. The minimum atomic E-state index is -0.386. The highest BCUT2D eigenvalue weighted by Gasteiger charge is 2.24. The molecule has 0 saturated carbocycles. The smallest absolute Gasteiger partial charge is 0.350 e. The SMILES string of the molecule is COC(=O)c1sc(NCC(C)(C)N(C)C)c(SC)c1N. The van der Waals surface area contributed by atoms with Gasteiger partial charge >= 0.3 is 5.97 Å². The summed E-state index contributed by atoms with van der Waals surface area (Å²) in [6.45, 7) is 5.06. The summed E-state index contributed by atoms with van der Waals surface area (Å²) < 4.78 is 4.76. The second kappa shape index (κ2) is 6.69. The first-order chi connectivity index (χ1) is 9.24. The summed E-state index contributed by atoms with van der Waals surface area (Å²) in [6, 6.07) is 0. The van der Waals surface area contributed by atoms with Crippen molar-refractivity contribution in [3.63, 3.8) is 0 Å². The van der Waals surface area contributed by atoms with E-state index in [0.29, 0.717) is 10.6 Å². The summed E-state index contributed by atoms with van der Waals surface area (Å²) in [4.78, 5) is 15.2. The van der Waals surface area contributed by atoms with Crippen molar-refractivity contribution in [1.82, 2.24) is 4.90 Å². The van der Waals surface area contributed by atoms with Crippen molar-refractivity contribution in [3.05, 3.63) is 4.88 Å². The molecule has 0 bridgehead atoms. The van der Waals surface area contributed by atoms with Crippen molar-refractivity contribution in [1.29, 1.82) is 0 Å². The van der Waals surface area contributed by atoms with Crippen LogP contribution in [0.25, 0.3) is 0 Å². The number of thioether (sulfide) groups is 1. The summed E-state index contributed by atoms with van der Waals surface area (Å²) in [5, 5.41) is 4.32. The molecule has 20 heavy (non-hydrogen) atoms. The topological polar surface area (TPSA) is 67.6 Å². The zero-order valence-corrected chi connectivity index (χ0v) is 14.5. The third-order valence-corrected chi connectivity index (χ3v) is 5.47. The number of nitrogens with zero attached hydrogens (tertiary/aromatic N) is 1. The first kappa shape index (κ1) is 17.1. The van der Waals surface area contributed by atoms with Gasteiger partial charge < -0.3 is 20.7 Å². The first-order valence-electron chi connectivity index (χ1n) is 6.20. The second-order valence-electron chi connectivity index (χ2n) is 5.26. The van der Waals surface area contributed by atoms with E-state index in [1.807, 2.05) is 20.4 Å². The van der Waals surface area contributed by atoms with Crippen molar-refractivity contribution >= 4 is 39.8 Å². The zero-order valence-electron chi connectivity index (χ0n) is 12.9. The normalized spacial score (nSPS) is 11.8. The van der Waals surface area contributed by atoms with E-state index in [9.17, 15) is 4.79 Å². The lowest BCUT2D eigenvalue weighted by atomic mass is 10.0. The van der Waals surface area contributed by atoms with Crippen LogP contribution < -0.4 is 11.1 Å². The summed E-state index contributed by atoms with van der Waals surface area (Å²) in [5.41, 5.74) is 6.53. The largest absolute Gasteiger partial charge is 0.465 e. The Kier molecular flexibility index (Phi) is 5.73. The Hall–Kier alpha value is -0.920. The monoisotopic (exact) mass is 317 g/mol. The van der Waals surface area contributed by atoms with E-state index in [1.165, 1.54) is 30.2 Å². The Labute approximate surface area is 128 Å². The van der Waals surface area contributed by atoms with E-state index in [4.69, 9.17) is 10.5 Å². The number of methoxy groups -OCH3 is 1. The standard InChI is InChI=1S/C13H23N3O2S2/c1-13(2,16(3)4)7-15-11-9(19-6)8(14)10(20-11)12(17)18-5/h15H,7,14H2,1-6H3. The van der Waals surface area contributed by atoms with Crippen molar-refractivity contribution < 1.29 is 9.53 Å². The van der Waals surface area contributed by atoms with Gasteiger partial charge in [-0.05, 0) is 34.2 Å². The Morgan fingerprint density at radius 2 is 2.10 bits per heavy atom. The number of nitrogens with one attached hydrogen (secondary N) is 1. The van der Waals surface area contributed by atoms with Crippen LogP contribution in [0.5, 0.6) is 0 Å². The molecule has 0 aromatic carbocycles. The number of hydrogen-bond donors (Lipinski definition) is 2. The Morgan fingerprint density at radius 3 is 2.55 bits per heavy atom. The number of nitrogens with two attached hydrogens (primary N) is 1. The van der Waals surface area contributed by atoms with Crippen LogP contribution in [-0.4, -0.2) is 50.4 Å². The maximum absolute atomic E-state index is 11.7. The Balaban J connectivity index is 2.98. The van der Waals surface area contributed by atoms with Gasteiger partial charge in [0, 0.05) is 12.1 Å². The van der Waals surface area contributed by atoms with Crippen LogP contribution >= 0.6 is 23.1 Å². The van der Waals surface area contributed by atoms with Gasteiger partial charge in [-0.25, -0.2) is 4.79 Å². The highest BCUT2D eigenvalue weighted by molar-refractivity contribution is 7.99. The van der Waals surface area contributed by atoms with Crippen molar-refractivity contribution in [2.24, 2.45) is 0 Å². The molecular formula is C13H23N3O2S2. The number of carbonyl (C=O) groups excluding carboxylic acids is 1. The van der Waals surface area contributed by atoms with Crippen molar-refractivity contribution in [2.75, 3.05) is 45.1 Å². The minimum absolute atomic E-state index is 0.000140. The van der Waals surface area contributed by atoms with Crippen LogP contribution in [0.3, 0.4) is 0 Å². The number of nitrogen functional groups attached to an aromatic ring is 1. The molecule has 0 spiro atoms. The molecule has 1 heterocycles. The number of carbonyl (C=O) groups is 1. The molecule has 0 aliphatic heterocycles. The summed E-state index contributed by atoms with van der Waals surface area (Å²) in [6.07, 6.45) is 1.95. The van der Waals surface area contributed by atoms with Gasteiger partial charge in [-0.15, -0.1) is 23.1 Å². The van der Waals surface area contributed by atoms with Crippen LogP contribution in [-0.2, 0) is 4.74 Å². The van der Waals surface area contributed by atoms with Gasteiger partial charge in [0.05, 0.1) is 17.7 Å². The number of likely N-dealkylation sites (N-methyl/N-ethyl adjacent to an activating group) is 1. The van der Waals surface area contributed by atoms with Gasteiger partial charge in [0.1, 0.15) is 9.88 Å². The quantitative estimate of drug-likeness (QED) is 0.621. The average Bonchev–Trinajstić information content (AvgIpc) is 2.71. The molecule has 0 atom stereocenters. The third kappa shape index (κ3) is 3.59. The molecule has 3 N–H and O–H groups in total. The number of ether oxygens (including phenoxy) is 1. The maximum atomic E-state index is 11.7. The molecule has 0 aliphatic rings. The lowest BCUT2D eigenvalue weighted by Crippen LogP contribution is -2.44. The molecule has 5 nitrogen and oxygen atoms in total. The first-order valence-corrected chi connectivity index (χ1v) is 8.24. The molecule has 0 aliphatic carbocycles. The molecule has 114 valence electrons. The van der Waals surface area contributed by atoms with Gasteiger partial charge in [-0.1, -0.05) is 0 Å². The predicted molar refractivity (Wildman–Crippen MR) is 88.1 cm³/mol. The molecule has 0 unspecified atom stereocenters. The van der Waals surface area contributed by atoms with Gasteiger partial charge in [0.25, 0.3) is 0 Å². The van der Waals surface area contributed by atoms with Gasteiger partial charge in [-0.3, -0.25) is 0 Å². The Morgan fingerprint density at radius 1 is 1.50 bits per heavy atom. The number of rotatable bonds is 6. The van der Waals surface area contributed by atoms with E-state index < -0.39 is 0 Å². The fourth-order valence-corrected chi connectivity index (χ4v) is 3.40. The molecule has 0 saturated heterocycles. The molecule has 1 rings (SSSR count). The fraction of sp³-hybridized carbons (Fsp3) is 0.615. The van der Waals surface area contributed by atoms with Crippen LogP contribution in [0.1, 0.15) is 23.5 Å². The Bertz CT molecular complexity index is 484. The fourth-order valence-electron chi connectivity index (χ4n) is 1.45. The maximum Gasteiger partial charge on any atom is 0.350 e. The molecule has 0 radical (unpaired) electrons. The molecule has 1 aromatic rings. The van der Waals surface area contributed by atoms with Crippen LogP contribution in [0.2, 0.25) is 0 Å². The van der Waals surface area contributed by atoms with Crippen molar-refractivity contribution in [2.45, 2.75) is 24.3 Å². The van der Waals surface area contributed by atoms with Crippen LogP contribution in [0.15, 0.2) is 4.90 Å². The van der Waals surface area contributed by atoms with Gasteiger partial charge in [-0.2, -0.15) is 0 Å². The van der Waals surface area contributed by atoms with Crippen LogP contribution in [0.4, 0.5) is 10.7 Å². The predicted octanol–water partition coefficient (Wildman–Crippen LogP) is 2.59. The zero-order chi connectivity index (χ0) is 15.5. The van der Waals surface area contributed by atoms with E-state index in [-0.39, 0.29) is 11.5 Å². The third-order valence-electron chi connectivity index (χ3n) is 3.37. The molecule has 7 heteroatoms. The number of anilines is 2. The average molecular weight is 317 g/mol. The molecular weight excluding hydrogens is 294 g/mol. The van der Waals surface area contributed by atoms with Crippen molar-refractivity contribution in [3.8, 4) is 0 Å². The highest BCUT2D eigenvalue weighted by Crippen LogP contribution is 2.42. The van der Waals surface area contributed by atoms with Gasteiger partial charge in [0.15, 0.2) is 0 Å². The van der Waals surface area contributed by atoms with E-state index >= 15 is 0 Å². The molecule has 0 amide bonds. The number of esters is 1. The van der Waals surface area contributed by atoms with E-state index in [0.717, 1.165) is 16.4 Å². The molecule has 1 aromatic heterocycles. The highest BCUT2D eigenvalue weighted by atomic mass is 32.2. The lowest BCUT2D eigenvalue weighted by molar-refractivity contribution is 0.0607. The summed E-state index contributed by atoms with van der Waals surface area (Å²) >= 11 is 2.88. The number of hydrogen-bond acceptors (Lipinski definition) is 7. The summed E-state index contributed by atoms with van der Waals surface area (Å²) in [5.74, 6) is -0.386.